The van der Waals surface area contributed by atoms with Crippen molar-refractivity contribution in [2.75, 3.05) is 0 Å². The van der Waals surface area contributed by atoms with Gasteiger partial charge in [-0.3, -0.25) is 0 Å². The molecule has 0 aliphatic rings. The van der Waals surface area contributed by atoms with Crippen LogP contribution in [-0.4, -0.2) is 6.18 Å². The Morgan fingerprint density at radius 1 is 1.00 bits per heavy atom. The van der Waals surface area contributed by atoms with E-state index in [1.165, 1.54) is 0 Å². The van der Waals surface area contributed by atoms with Gasteiger partial charge in [-0.25, -0.2) is 0 Å². The molecular formula is C9H4Br2F6. The van der Waals surface area contributed by atoms with Crippen LogP contribution in [0.1, 0.15) is 16.0 Å². The molecule has 0 aliphatic heterocycles. The minimum Gasteiger partial charge on any atom is -0.169 e. The van der Waals surface area contributed by atoms with Crippen LogP contribution in [0.5, 0.6) is 0 Å². The number of hydrogen-bond acceptors (Lipinski definition) is 0. The van der Waals surface area contributed by atoms with Crippen LogP contribution < -0.4 is 0 Å². The molecule has 96 valence electrons. The average molecular weight is 386 g/mol. The lowest BCUT2D eigenvalue weighted by molar-refractivity contribution is -0.138. The summed E-state index contributed by atoms with van der Waals surface area (Å²) in [5, 5.41) is 0. The highest BCUT2D eigenvalue weighted by atomic mass is 79.9. The topological polar surface area (TPSA) is 0 Å². The van der Waals surface area contributed by atoms with E-state index in [1.54, 1.807) is 0 Å². The van der Waals surface area contributed by atoms with Gasteiger partial charge in [-0.15, -0.1) is 0 Å². The van der Waals surface area contributed by atoms with Gasteiger partial charge in [0.2, 0.25) is 0 Å². The lowest BCUT2D eigenvalue weighted by atomic mass is 10.1. The maximum absolute atomic E-state index is 12.4. The fourth-order valence-electron chi connectivity index (χ4n) is 1.11. The molecule has 1 atom stereocenters. The molecule has 1 rings (SSSR count). The van der Waals surface area contributed by atoms with Crippen LogP contribution in [0.25, 0.3) is 0 Å². The van der Waals surface area contributed by atoms with Crippen molar-refractivity contribution in [1.82, 2.24) is 0 Å². The first kappa shape index (κ1) is 14.8. The Kier molecular flexibility index (Phi) is 4.18. The van der Waals surface area contributed by atoms with Crippen molar-refractivity contribution in [1.29, 1.82) is 0 Å². The van der Waals surface area contributed by atoms with Crippen LogP contribution in [0.2, 0.25) is 0 Å². The van der Waals surface area contributed by atoms with Gasteiger partial charge in [0.15, 0.2) is 0 Å². The molecule has 0 aromatic heterocycles. The Labute approximate surface area is 109 Å². The number of rotatable bonds is 1. The predicted octanol–water partition coefficient (Wildman–Crippen LogP) is 5.47. The second-order valence-corrected chi connectivity index (χ2v) is 4.91. The lowest BCUT2D eigenvalue weighted by Crippen LogP contribution is -2.15. The number of alkyl halides is 7. The van der Waals surface area contributed by atoms with Crippen LogP contribution in [0.15, 0.2) is 22.7 Å². The second-order valence-electron chi connectivity index (χ2n) is 3.14. The Hall–Kier alpha value is -0.240. The summed E-state index contributed by atoms with van der Waals surface area (Å²) >= 11 is 5.00. The summed E-state index contributed by atoms with van der Waals surface area (Å²) in [6, 6.07) is 2.20. The van der Waals surface area contributed by atoms with E-state index in [0.717, 1.165) is 12.1 Å². The Balaban J connectivity index is 3.14. The maximum atomic E-state index is 12.4. The van der Waals surface area contributed by atoms with Crippen LogP contribution in [0, 0.1) is 0 Å². The third kappa shape index (κ3) is 3.61. The first-order valence-corrected chi connectivity index (χ1v) is 5.82. The fraction of sp³-hybridized carbons (Fsp3) is 0.333. The summed E-state index contributed by atoms with van der Waals surface area (Å²) in [5.74, 6) is 0. The first-order valence-electron chi connectivity index (χ1n) is 4.11. The minimum atomic E-state index is -4.60. The van der Waals surface area contributed by atoms with Crippen molar-refractivity contribution in [2.45, 2.75) is 17.2 Å². The highest BCUT2D eigenvalue weighted by Gasteiger charge is 2.40. The van der Waals surface area contributed by atoms with Gasteiger partial charge in [-0.05, 0) is 17.7 Å². The zero-order valence-electron chi connectivity index (χ0n) is 7.83. The lowest BCUT2D eigenvalue weighted by Gasteiger charge is -2.16. The van der Waals surface area contributed by atoms with Crippen molar-refractivity contribution in [3.05, 3.63) is 33.8 Å². The van der Waals surface area contributed by atoms with E-state index in [4.69, 9.17) is 0 Å². The zero-order valence-corrected chi connectivity index (χ0v) is 11.0. The van der Waals surface area contributed by atoms with Crippen molar-refractivity contribution in [3.63, 3.8) is 0 Å². The Morgan fingerprint density at radius 3 is 1.88 bits per heavy atom. The molecule has 0 spiro atoms. The quantitative estimate of drug-likeness (QED) is 0.444. The number of halogens is 8. The van der Waals surface area contributed by atoms with Crippen molar-refractivity contribution in [3.8, 4) is 0 Å². The standard InChI is InChI=1S/C9H4Br2F6/c10-6-3-4(7(11)9(15,16)17)1-2-5(6)8(12,13)14/h1-3,7H. The van der Waals surface area contributed by atoms with Gasteiger partial charge in [-0.2, -0.15) is 26.3 Å². The first-order chi connectivity index (χ1) is 7.53. The average Bonchev–Trinajstić information content (AvgIpc) is 2.12. The third-order valence-electron chi connectivity index (χ3n) is 1.88. The van der Waals surface area contributed by atoms with Crippen LogP contribution >= 0.6 is 31.9 Å². The normalized spacial score (nSPS) is 14.8. The van der Waals surface area contributed by atoms with Gasteiger partial charge in [0.05, 0.1) is 5.56 Å². The smallest absolute Gasteiger partial charge is 0.169 e. The summed E-state index contributed by atoms with van der Waals surface area (Å²) in [6.07, 6.45) is -9.16. The van der Waals surface area contributed by atoms with Crippen molar-refractivity contribution >= 4 is 31.9 Å². The molecule has 0 fully saturated rings. The van der Waals surface area contributed by atoms with E-state index in [9.17, 15) is 26.3 Å². The van der Waals surface area contributed by atoms with Gasteiger partial charge in [-0.1, -0.05) is 37.9 Å². The number of hydrogen-bond donors (Lipinski definition) is 0. The zero-order chi connectivity index (χ0) is 13.4. The molecule has 0 N–H and O–H groups in total. The molecule has 17 heavy (non-hydrogen) atoms. The highest BCUT2D eigenvalue weighted by Crippen LogP contribution is 2.42. The van der Waals surface area contributed by atoms with Crippen LogP contribution in [0.3, 0.4) is 0 Å². The summed E-state index contributed by atoms with van der Waals surface area (Å²) < 4.78 is 73.6. The highest BCUT2D eigenvalue weighted by molar-refractivity contribution is 9.10. The molecular weight excluding hydrogens is 382 g/mol. The van der Waals surface area contributed by atoms with Crippen LogP contribution in [-0.2, 0) is 6.18 Å². The summed E-state index contributed by atoms with van der Waals surface area (Å²) in [7, 11) is 0. The van der Waals surface area contributed by atoms with E-state index < -0.39 is 27.2 Å². The molecule has 0 bridgehead atoms. The van der Waals surface area contributed by atoms with Gasteiger partial charge in [0.25, 0.3) is 0 Å². The minimum absolute atomic E-state index is 0.294. The van der Waals surface area contributed by atoms with Gasteiger partial charge in [0.1, 0.15) is 4.83 Å². The third-order valence-corrected chi connectivity index (χ3v) is 3.58. The van der Waals surface area contributed by atoms with Crippen molar-refractivity contribution < 1.29 is 26.3 Å². The number of benzene rings is 1. The molecule has 0 amide bonds. The van der Waals surface area contributed by atoms with Gasteiger partial charge < -0.3 is 0 Å². The predicted molar refractivity (Wildman–Crippen MR) is 56.9 cm³/mol. The molecule has 0 radical (unpaired) electrons. The summed E-state index contributed by atoms with van der Waals surface area (Å²) in [5.41, 5.74) is -1.31. The molecule has 1 aromatic carbocycles. The molecule has 8 heteroatoms. The molecule has 0 saturated heterocycles. The summed E-state index contributed by atoms with van der Waals surface area (Å²) in [4.78, 5) is -1.99. The molecule has 0 nitrogen and oxygen atoms in total. The monoisotopic (exact) mass is 384 g/mol. The molecule has 0 aliphatic carbocycles. The van der Waals surface area contributed by atoms with E-state index in [0.29, 0.717) is 6.07 Å². The van der Waals surface area contributed by atoms with E-state index in [1.807, 2.05) is 0 Å². The molecule has 0 saturated carbocycles. The maximum Gasteiger partial charge on any atom is 0.417 e. The SMILES string of the molecule is FC(F)(F)c1ccc(C(Br)C(F)(F)F)cc1Br. The molecule has 0 heterocycles. The van der Waals surface area contributed by atoms with E-state index in [2.05, 4.69) is 31.9 Å². The second kappa shape index (κ2) is 4.79. The van der Waals surface area contributed by atoms with E-state index in [-0.39, 0.29) is 5.56 Å². The Morgan fingerprint density at radius 2 is 1.53 bits per heavy atom. The fourth-order valence-corrected chi connectivity index (χ4v) is 2.01. The molecule has 1 unspecified atom stereocenters. The molecule has 1 aromatic rings. The van der Waals surface area contributed by atoms with Gasteiger partial charge in [0, 0.05) is 4.47 Å². The van der Waals surface area contributed by atoms with E-state index >= 15 is 0 Å². The largest absolute Gasteiger partial charge is 0.417 e. The van der Waals surface area contributed by atoms with Gasteiger partial charge >= 0.3 is 12.4 Å². The summed E-state index contributed by atoms with van der Waals surface area (Å²) in [6.45, 7) is 0. The van der Waals surface area contributed by atoms with Crippen molar-refractivity contribution in [2.24, 2.45) is 0 Å². The Bertz CT molecular complexity index is 409. The van der Waals surface area contributed by atoms with Crippen LogP contribution in [0.4, 0.5) is 26.3 Å².